The Bertz CT molecular complexity index is 1540. The van der Waals surface area contributed by atoms with E-state index in [0.717, 1.165) is 49.8 Å². The number of benzene rings is 1. The molecule has 1 aromatic heterocycles. The van der Waals surface area contributed by atoms with Gasteiger partial charge in [-0.25, -0.2) is 14.5 Å². The molecule has 5 N–H and O–H groups in total. The van der Waals surface area contributed by atoms with Crippen molar-refractivity contribution < 1.29 is 32.7 Å². The van der Waals surface area contributed by atoms with Gasteiger partial charge in [0, 0.05) is 19.2 Å². The van der Waals surface area contributed by atoms with Crippen LogP contribution in [0.15, 0.2) is 47.2 Å². The number of carbonyl (C=O) groups is 2. The molecule has 14 nitrogen and oxygen atoms in total. The van der Waals surface area contributed by atoms with Gasteiger partial charge in [0.2, 0.25) is 0 Å². The summed E-state index contributed by atoms with van der Waals surface area (Å²) in [5, 5.41) is 9.32. The maximum Gasteiger partial charge on any atom is 0.459 e. The second-order valence-corrected chi connectivity index (χ2v) is 14.6. The van der Waals surface area contributed by atoms with Crippen molar-refractivity contribution >= 4 is 37.7 Å². The predicted octanol–water partition coefficient (Wildman–Crippen LogP) is 5.11. The van der Waals surface area contributed by atoms with Crippen LogP contribution in [0.2, 0.25) is 0 Å². The summed E-state index contributed by atoms with van der Waals surface area (Å²) in [4.78, 5) is 33.9. The van der Waals surface area contributed by atoms with E-state index < -0.39 is 31.1 Å². The lowest BCUT2D eigenvalue weighted by Crippen LogP contribution is -2.36. The van der Waals surface area contributed by atoms with Gasteiger partial charge in [0.15, 0.2) is 5.96 Å². The van der Waals surface area contributed by atoms with Crippen molar-refractivity contribution in [1.29, 1.82) is 0 Å². The highest BCUT2D eigenvalue weighted by molar-refractivity contribution is 7.52. The van der Waals surface area contributed by atoms with Crippen LogP contribution in [0.4, 0.5) is 5.82 Å². The molecule has 2 aromatic rings. The minimum absolute atomic E-state index is 0.00683. The molecule has 3 aliphatic rings. The molecule has 1 aliphatic heterocycles. The zero-order valence-corrected chi connectivity index (χ0v) is 29.0. The fourth-order valence-electron chi connectivity index (χ4n) is 5.65. The number of esters is 2. The Morgan fingerprint density at radius 2 is 1.90 bits per heavy atom. The first-order valence-electron chi connectivity index (χ1n) is 16.7. The van der Waals surface area contributed by atoms with Crippen LogP contribution in [0.5, 0.6) is 5.75 Å². The summed E-state index contributed by atoms with van der Waals surface area (Å²) in [6.07, 6.45) is 9.75. The van der Waals surface area contributed by atoms with E-state index in [1.807, 2.05) is 10.8 Å². The number of aliphatic imine (C=N–C) groups is 1. The van der Waals surface area contributed by atoms with Crippen molar-refractivity contribution in [2.75, 3.05) is 25.1 Å². The second-order valence-electron chi connectivity index (χ2n) is 12.9. The first kappa shape index (κ1) is 35.6. The number of ether oxygens (including phenoxy) is 2. The number of para-hydroxylation sites is 1. The quantitative estimate of drug-likeness (QED) is 0.114. The number of anilines is 1. The van der Waals surface area contributed by atoms with E-state index in [1.54, 1.807) is 43.6 Å². The third-order valence-corrected chi connectivity index (χ3v) is 10.2. The van der Waals surface area contributed by atoms with Crippen LogP contribution in [0, 0.1) is 11.3 Å². The van der Waals surface area contributed by atoms with E-state index in [9.17, 15) is 14.2 Å². The molecule has 0 saturated heterocycles. The molecule has 48 heavy (non-hydrogen) atoms. The first-order valence-corrected chi connectivity index (χ1v) is 18.3. The third-order valence-electron chi connectivity index (χ3n) is 8.54. The van der Waals surface area contributed by atoms with Gasteiger partial charge in [0.05, 0.1) is 18.6 Å². The molecule has 4 atom stereocenters. The highest BCUT2D eigenvalue weighted by Gasteiger charge is 2.52. The van der Waals surface area contributed by atoms with Gasteiger partial charge in [-0.15, -0.1) is 0 Å². The van der Waals surface area contributed by atoms with Gasteiger partial charge in [0.1, 0.15) is 42.4 Å². The molecular weight excluding hydrogens is 637 g/mol. The second kappa shape index (κ2) is 15.7. The van der Waals surface area contributed by atoms with E-state index in [0.29, 0.717) is 30.6 Å². The fourth-order valence-corrected chi connectivity index (χ4v) is 7.22. The SMILES string of the molecule is CCCC(CCC)COC(=O)[C@H](C)N[P@](=O)(OC[C@@]1(COC(C)=O)C/C1=C/n1cnc2c1NC(N)=N[C@@H]2NC1CC1)Oc1ccccc1. The highest BCUT2D eigenvalue weighted by atomic mass is 31.2. The first-order chi connectivity index (χ1) is 23.0. The molecule has 0 bridgehead atoms. The smallest absolute Gasteiger partial charge is 0.459 e. The monoisotopic (exact) mass is 685 g/mol. The van der Waals surface area contributed by atoms with Gasteiger partial charge >= 0.3 is 19.7 Å². The Kier molecular flexibility index (Phi) is 11.6. The molecule has 2 fully saturated rings. The van der Waals surface area contributed by atoms with Gasteiger partial charge in [-0.2, -0.15) is 5.09 Å². The number of nitrogens with two attached hydrogens (primary N) is 1. The lowest BCUT2D eigenvalue weighted by molar-refractivity contribution is -0.147. The molecule has 15 heteroatoms. The molecule has 2 saturated carbocycles. The van der Waals surface area contributed by atoms with Crippen LogP contribution >= 0.6 is 7.75 Å². The van der Waals surface area contributed by atoms with E-state index in [4.69, 9.17) is 24.3 Å². The number of nitrogens with zero attached hydrogens (tertiary/aromatic N) is 3. The number of imidazole rings is 1. The Balaban J connectivity index is 1.32. The Labute approximate surface area is 281 Å². The van der Waals surface area contributed by atoms with Crippen molar-refractivity contribution in [2.45, 2.75) is 90.9 Å². The highest BCUT2D eigenvalue weighted by Crippen LogP contribution is 2.57. The molecule has 0 radical (unpaired) electrons. The Hall–Kier alpha value is -3.71. The minimum Gasteiger partial charge on any atom is -0.465 e. The molecule has 2 heterocycles. The van der Waals surface area contributed by atoms with Gasteiger partial charge in [0.25, 0.3) is 0 Å². The average molecular weight is 686 g/mol. The number of hydrogen-bond acceptors (Lipinski definition) is 12. The normalized spacial score (nSPS) is 22.6. The Morgan fingerprint density at radius 1 is 1.17 bits per heavy atom. The minimum atomic E-state index is -4.16. The van der Waals surface area contributed by atoms with Crippen molar-refractivity contribution in [3.8, 4) is 5.75 Å². The summed E-state index contributed by atoms with van der Waals surface area (Å²) in [5.74, 6) is 0.503. The number of guanidine groups is 1. The molecule has 5 rings (SSSR count). The standard InChI is InChI=1S/C33H48N7O7P/c1-5-10-24(11-6-2)18-44-31(42)22(3)39-48(43,47-27-12-8-7-9-13-27)46-20-33(19-45-23(4)41)16-25(33)17-40-21-35-28-29(36-26-14-15-26)37-32(34)38-30(28)40/h7-9,12-13,17,21-22,24,26,29,36H,5-6,10-11,14-16,18-20H2,1-4H3,(H,39,43)(H3,34,37,38)/b25-17-/t22-,29-,33-,48-/m0/s1. The summed E-state index contributed by atoms with van der Waals surface area (Å²) in [6, 6.07) is 7.98. The van der Waals surface area contributed by atoms with E-state index in [2.05, 4.69) is 39.5 Å². The summed E-state index contributed by atoms with van der Waals surface area (Å²) in [6.45, 7) is 7.26. The van der Waals surface area contributed by atoms with Crippen LogP contribution in [-0.4, -0.2) is 59.4 Å². The van der Waals surface area contributed by atoms with Gasteiger partial charge in [-0.3, -0.25) is 24.0 Å². The summed E-state index contributed by atoms with van der Waals surface area (Å²) in [7, 11) is -4.16. The summed E-state index contributed by atoms with van der Waals surface area (Å²) in [5.41, 5.74) is 6.90. The van der Waals surface area contributed by atoms with Crippen molar-refractivity contribution in [3.63, 3.8) is 0 Å². The van der Waals surface area contributed by atoms with Crippen LogP contribution < -0.4 is 26.0 Å². The maximum absolute atomic E-state index is 14.3. The summed E-state index contributed by atoms with van der Waals surface area (Å²) >= 11 is 0. The molecule has 0 spiro atoms. The number of hydrogen-bond donors (Lipinski definition) is 4. The number of fused-ring (bicyclic) bond motifs is 1. The third kappa shape index (κ3) is 9.46. The largest absolute Gasteiger partial charge is 0.465 e. The molecule has 1 aromatic carbocycles. The maximum atomic E-state index is 14.3. The van der Waals surface area contributed by atoms with Crippen LogP contribution in [0.25, 0.3) is 6.20 Å². The van der Waals surface area contributed by atoms with Gasteiger partial charge < -0.3 is 25.0 Å². The molecule has 0 unspecified atom stereocenters. The molecule has 2 aliphatic carbocycles. The van der Waals surface area contributed by atoms with Crippen LogP contribution in [0.3, 0.4) is 0 Å². The molecule has 262 valence electrons. The number of nitrogens with one attached hydrogen (secondary N) is 3. The van der Waals surface area contributed by atoms with E-state index in [1.165, 1.54) is 6.92 Å². The van der Waals surface area contributed by atoms with Crippen molar-refractivity contribution in [1.82, 2.24) is 20.0 Å². The van der Waals surface area contributed by atoms with Crippen molar-refractivity contribution in [2.24, 2.45) is 22.1 Å². The van der Waals surface area contributed by atoms with Crippen LogP contribution in [-0.2, 0) is 28.2 Å². The van der Waals surface area contributed by atoms with Crippen molar-refractivity contribution in [3.05, 3.63) is 47.9 Å². The zero-order chi connectivity index (χ0) is 34.3. The number of aromatic nitrogens is 2. The number of carbonyl (C=O) groups excluding carboxylic acids is 2. The molecular formula is C33H48N7O7P. The average Bonchev–Trinajstić information content (AvgIpc) is 3.96. The topological polar surface area (TPSA) is 180 Å². The Morgan fingerprint density at radius 3 is 2.56 bits per heavy atom. The van der Waals surface area contributed by atoms with Gasteiger partial charge in [-0.05, 0) is 62.7 Å². The van der Waals surface area contributed by atoms with E-state index in [-0.39, 0.29) is 31.3 Å². The van der Waals surface area contributed by atoms with Crippen LogP contribution in [0.1, 0.15) is 84.5 Å². The zero-order valence-electron chi connectivity index (χ0n) is 28.1. The van der Waals surface area contributed by atoms with Gasteiger partial charge in [-0.1, -0.05) is 44.9 Å². The van der Waals surface area contributed by atoms with E-state index >= 15 is 0 Å². The predicted molar refractivity (Wildman–Crippen MR) is 182 cm³/mol. The number of rotatable bonds is 19. The molecule has 0 amide bonds. The lowest BCUT2D eigenvalue weighted by Gasteiger charge is -2.25. The summed E-state index contributed by atoms with van der Waals surface area (Å²) < 4.78 is 39.1. The fraction of sp³-hybridized carbons (Fsp3) is 0.576. The lowest BCUT2D eigenvalue weighted by atomic mass is 9.99.